The van der Waals surface area contributed by atoms with Crippen LogP contribution in [0.25, 0.3) is 6.08 Å². The van der Waals surface area contributed by atoms with Crippen LogP contribution in [0, 0.1) is 0 Å². The fourth-order valence-electron chi connectivity index (χ4n) is 1.24. The van der Waals surface area contributed by atoms with E-state index >= 15 is 0 Å². The molecule has 0 aliphatic carbocycles. The van der Waals surface area contributed by atoms with Gasteiger partial charge in [0, 0.05) is 19.6 Å². The minimum Gasteiger partial charge on any atom is -0.329 e. The maximum Gasteiger partial charge on any atom is 0.0163 e. The lowest BCUT2D eigenvalue weighted by Crippen LogP contribution is -2.25. The smallest absolute Gasteiger partial charge is 0.0163 e. The van der Waals surface area contributed by atoms with Crippen molar-refractivity contribution in [2.45, 2.75) is 0 Å². The van der Waals surface area contributed by atoms with E-state index in [1.807, 2.05) is 18.2 Å². The lowest BCUT2D eigenvalue weighted by molar-refractivity contribution is 0.381. The first-order valence-corrected chi connectivity index (χ1v) is 4.93. The van der Waals surface area contributed by atoms with Gasteiger partial charge in [-0.05, 0) is 12.6 Å². The maximum atomic E-state index is 5.45. The van der Waals surface area contributed by atoms with Crippen molar-refractivity contribution in [3.05, 3.63) is 42.0 Å². The first-order chi connectivity index (χ1) is 6.83. The summed E-state index contributed by atoms with van der Waals surface area (Å²) in [6.45, 7) is 2.61. The molecule has 0 aliphatic heterocycles. The van der Waals surface area contributed by atoms with Gasteiger partial charge in [0.15, 0.2) is 0 Å². The predicted molar refractivity (Wildman–Crippen MR) is 62.0 cm³/mol. The first kappa shape index (κ1) is 11.0. The fourth-order valence-corrected chi connectivity index (χ4v) is 1.24. The number of likely N-dealkylation sites (N-methyl/N-ethyl adjacent to an activating group) is 1. The van der Waals surface area contributed by atoms with Crippen LogP contribution in [0.5, 0.6) is 0 Å². The Balaban J connectivity index is 2.34. The van der Waals surface area contributed by atoms with Crippen LogP contribution in [0.15, 0.2) is 36.4 Å². The summed E-state index contributed by atoms with van der Waals surface area (Å²) in [5.74, 6) is 0. The third kappa shape index (κ3) is 4.21. The van der Waals surface area contributed by atoms with E-state index in [4.69, 9.17) is 5.73 Å². The summed E-state index contributed by atoms with van der Waals surface area (Å²) < 4.78 is 0. The zero-order valence-corrected chi connectivity index (χ0v) is 8.69. The van der Waals surface area contributed by atoms with Gasteiger partial charge in [-0.25, -0.2) is 0 Å². The highest BCUT2D eigenvalue weighted by atomic mass is 15.1. The Bertz CT molecular complexity index is 267. The van der Waals surface area contributed by atoms with Crippen LogP contribution >= 0.6 is 0 Å². The lowest BCUT2D eigenvalue weighted by Gasteiger charge is -2.11. The highest BCUT2D eigenvalue weighted by molar-refractivity contribution is 5.48. The molecule has 0 saturated heterocycles. The van der Waals surface area contributed by atoms with E-state index in [-0.39, 0.29) is 0 Å². The quantitative estimate of drug-likeness (QED) is 0.764. The second-order valence-electron chi connectivity index (χ2n) is 3.36. The number of nitrogens with zero attached hydrogens (tertiary/aromatic N) is 1. The number of hydrogen-bond donors (Lipinski definition) is 1. The summed E-state index contributed by atoms with van der Waals surface area (Å²) in [5.41, 5.74) is 6.69. The number of nitrogens with two attached hydrogens (primary N) is 1. The molecule has 0 amide bonds. The minimum absolute atomic E-state index is 0.718. The lowest BCUT2D eigenvalue weighted by atomic mass is 10.2. The van der Waals surface area contributed by atoms with Gasteiger partial charge in [0.2, 0.25) is 0 Å². The van der Waals surface area contributed by atoms with E-state index in [0.29, 0.717) is 0 Å². The Morgan fingerprint density at radius 3 is 2.64 bits per heavy atom. The number of benzene rings is 1. The van der Waals surface area contributed by atoms with Crippen molar-refractivity contribution in [1.82, 2.24) is 4.90 Å². The van der Waals surface area contributed by atoms with E-state index in [1.165, 1.54) is 5.56 Å². The highest BCUT2D eigenvalue weighted by Crippen LogP contribution is 2.00. The Hall–Kier alpha value is -1.12. The van der Waals surface area contributed by atoms with Gasteiger partial charge in [-0.3, -0.25) is 0 Å². The molecule has 0 aromatic heterocycles. The Morgan fingerprint density at radius 2 is 2.00 bits per heavy atom. The van der Waals surface area contributed by atoms with E-state index in [1.54, 1.807) is 0 Å². The molecule has 0 unspecified atom stereocenters. The van der Waals surface area contributed by atoms with E-state index < -0.39 is 0 Å². The SMILES string of the molecule is CN(C/C=C/c1ccccc1)CCN. The van der Waals surface area contributed by atoms with Crippen LogP contribution in [0.1, 0.15) is 5.56 Å². The van der Waals surface area contributed by atoms with Gasteiger partial charge >= 0.3 is 0 Å². The molecule has 0 saturated carbocycles. The van der Waals surface area contributed by atoms with Gasteiger partial charge in [-0.1, -0.05) is 42.5 Å². The Labute approximate surface area is 86.0 Å². The highest BCUT2D eigenvalue weighted by Gasteiger charge is 1.91. The fraction of sp³-hybridized carbons (Fsp3) is 0.333. The zero-order valence-electron chi connectivity index (χ0n) is 8.69. The molecule has 1 rings (SSSR count). The molecule has 0 spiro atoms. The topological polar surface area (TPSA) is 29.3 Å². The van der Waals surface area contributed by atoms with Crippen LogP contribution < -0.4 is 5.73 Å². The Morgan fingerprint density at radius 1 is 1.29 bits per heavy atom. The molecule has 0 radical (unpaired) electrons. The second-order valence-corrected chi connectivity index (χ2v) is 3.36. The molecular weight excluding hydrogens is 172 g/mol. The van der Waals surface area contributed by atoms with Gasteiger partial charge in [0.25, 0.3) is 0 Å². The molecule has 2 heteroatoms. The summed E-state index contributed by atoms with van der Waals surface area (Å²) in [4.78, 5) is 2.19. The third-order valence-corrected chi connectivity index (χ3v) is 2.04. The van der Waals surface area contributed by atoms with Gasteiger partial charge in [0.1, 0.15) is 0 Å². The van der Waals surface area contributed by atoms with Crippen LogP contribution in [0.4, 0.5) is 0 Å². The molecule has 2 N–H and O–H groups in total. The molecule has 0 bridgehead atoms. The van der Waals surface area contributed by atoms with E-state index in [9.17, 15) is 0 Å². The monoisotopic (exact) mass is 190 g/mol. The normalized spacial score (nSPS) is 11.4. The molecule has 2 nitrogen and oxygen atoms in total. The molecule has 14 heavy (non-hydrogen) atoms. The summed E-state index contributed by atoms with van der Waals surface area (Å²) in [6, 6.07) is 10.3. The van der Waals surface area contributed by atoms with Crippen LogP contribution in [0.2, 0.25) is 0 Å². The van der Waals surface area contributed by atoms with Crippen molar-refractivity contribution in [2.75, 3.05) is 26.7 Å². The van der Waals surface area contributed by atoms with Crippen molar-refractivity contribution in [3.63, 3.8) is 0 Å². The average molecular weight is 190 g/mol. The molecule has 1 aromatic carbocycles. The minimum atomic E-state index is 0.718. The molecule has 0 fully saturated rings. The predicted octanol–water partition coefficient (Wildman–Crippen LogP) is 1.59. The van der Waals surface area contributed by atoms with Gasteiger partial charge in [0.05, 0.1) is 0 Å². The van der Waals surface area contributed by atoms with Gasteiger partial charge in [-0.2, -0.15) is 0 Å². The van der Waals surface area contributed by atoms with Crippen molar-refractivity contribution < 1.29 is 0 Å². The van der Waals surface area contributed by atoms with Crippen LogP contribution in [0.3, 0.4) is 0 Å². The van der Waals surface area contributed by atoms with Crippen molar-refractivity contribution in [2.24, 2.45) is 5.73 Å². The number of rotatable bonds is 5. The van der Waals surface area contributed by atoms with Gasteiger partial charge < -0.3 is 10.6 Å². The molecule has 0 aliphatic rings. The van der Waals surface area contributed by atoms with E-state index in [2.05, 4.69) is 36.2 Å². The van der Waals surface area contributed by atoms with Crippen molar-refractivity contribution >= 4 is 6.08 Å². The Kier molecular flexibility index (Phi) is 4.97. The van der Waals surface area contributed by atoms with E-state index in [0.717, 1.165) is 19.6 Å². The summed E-state index contributed by atoms with van der Waals surface area (Å²) in [5, 5.41) is 0. The van der Waals surface area contributed by atoms with Crippen molar-refractivity contribution in [1.29, 1.82) is 0 Å². The van der Waals surface area contributed by atoms with Crippen LogP contribution in [-0.2, 0) is 0 Å². The van der Waals surface area contributed by atoms with Gasteiger partial charge in [-0.15, -0.1) is 0 Å². The first-order valence-electron chi connectivity index (χ1n) is 4.93. The maximum absolute atomic E-state index is 5.45. The zero-order chi connectivity index (χ0) is 10.2. The summed E-state index contributed by atoms with van der Waals surface area (Å²) in [7, 11) is 2.07. The second kappa shape index (κ2) is 6.35. The molecule has 76 valence electrons. The molecule has 1 aromatic rings. The standard InChI is InChI=1S/C12H18N2/c1-14(11-9-13)10-5-8-12-6-3-2-4-7-12/h2-8H,9-11,13H2,1H3/b8-5+. The molecule has 0 heterocycles. The average Bonchev–Trinajstić information content (AvgIpc) is 2.20. The number of hydrogen-bond acceptors (Lipinski definition) is 2. The summed E-state index contributed by atoms with van der Waals surface area (Å²) in [6.07, 6.45) is 4.29. The van der Waals surface area contributed by atoms with Crippen molar-refractivity contribution in [3.8, 4) is 0 Å². The summed E-state index contributed by atoms with van der Waals surface area (Å²) >= 11 is 0. The molecule has 0 atom stereocenters. The largest absolute Gasteiger partial charge is 0.329 e. The molecular formula is C12H18N2. The third-order valence-electron chi connectivity index (χ3n) is 2.04. The van der Waals surface area contributed by atoms with Crippen LogP contribution in [-0.4, -0.2) is 31.6 Å².